The van der Waals surface area contributed by atoms with Gasteiger partial charge in [-0.05, 0) is 96.4 Å². The highest BCUT2D eigenvalue weighted by Gasteiger charge is 2.24. The van der Waals surface area contributed by atoms with Gasteiger partial charge < -0.3 is 14.0 Å². The van der Waals surface area contributed by atoms with Gasteiger partial charge >= 0.3 is 0 Å². The summed E-state index contributed by atoms with van der Waals surface area (Å²) in [6.07, 6.45) is 5.62. The Kier molecular flexibility index (Phi) is 7.17. The third kappa shape index (κ3) is 4.89. The first-order chi connectivity index (χ1) is 25.7. The van der Waals surface area contributed by atoms with Crippen LogP contribution in [0.15, 0.2) is 194 Å². The van der Waals surface area contributed by atoms with Crippen molar-refractivity contribution in [2.24, 2.45) is 5.92 Å². The van der Waals surface area contributed by atoms with Gasteiger partial charge in [0, 0.05) is 55.9 Å². The molecule has 248 valence electrons. The molecule has 0 aliphatic heterocycles. The fourth-order valence-corrected chi connectivity index (χ4v) is 8.35. The summed E-state index contributed by atoms with van der Waals surface area (Å²) in [7, 11) is 0. The van der Waals surface area contributed by atoms with E-state index >= 15 is 0 Å². The summed E-state index contributed by atoms with van der Waals surface area (Å²) in [4.78, 5) is 2.43. The van der Waals surface area contributed by atoms with E-state index in [1.165, 1.54) is 60.4 Å². The first-order valence-electron chi connectivity index (χ1n) is 18.2. The lowest BCUT2D eigenvalue weighted by Gasteiger charge is -2.34. The Labute approximate surface area is 303 Å². The van der Waals surface area contributed by atoms with Crippen LogP contribution >= 0.6 is 0 Å². The van der Waals surface area contributed by atoms with Crippen molar-refractivity contribution in [3.05, 3.63) is 199 Å². The molecule has 0 fully saturated rings. The number of rotatable bonds is 6. The Hall–Kier alpha value is -6.58. The Morgan fingerprint density at radius 2 is 0.942 bits per heavy atom. The van der Waals surface area contributed by atoms with E-state index in [0.29, 0.717) is 5.92 Å². The molecule has 2 aromatic heterocycles. The van der Waals surface area contributed by atoms with Crippen LogP contribution in [0.4, 0.5) is 11.4 Å². The van der Waals surface area contributed by atoms with Crippen LogP contribution in [0.3, 0.4) is 0 Å². The Bertz CT molecular complexity index is 2800. The molecule has 1 unspecified atom stereocenters. The number of benzene rings is 7. The first-order valence-corrected chi connectivity index (χ1v) is 18.2. The quantitative estimate of drug-likeness (QED) is 0.172. The summed E-state index contributed by atoms with van der Waals surface area (Å²) < 4.78 is 4.84. The number of fused-ring (bicyclic) bond motifs is 6. The van der Waals surface area contributed by atoms with E-state index in [-0.39, 0.29) is 0 Å². The van der Waals surface area contributed by atoms with Gasteiger partial charge in [0.05, 0.1) is 22.1 Å². The monoisotopic (exact) mass is 667 g/mol. The smallest absolute Gasteiger partial charge is 0.0562 e. The molecule has 0 radical (unpaired) electrons. The lowest BCUT2D eigenvalue weighted by atomic mass is 9.88. The van der Waals surface area contributed by atoms with Crippen molar-refractivity contribution in [1.29, 1.82) is 0 Å². The molecule has 0 spiro atoms. The largest absolute Gasteiger partial charge is 0.314 e. The van der Waals surface area contributed by atoms with E-state index in [2.05, 4.69) is 209 Å². The summed E-state index contributed by atoms with van der Waals surface area (Å²) in [5, 5.41) is 5.05. The first kappa shape index (κ1) is 30.3. The molecule has 0 saturated heterocycles. The summed E-state index contributed by atoms with van der Waals surface area (Å²) in [5.74, 6) is 0.344. The number of anilines is 2. The van der Waals surface area contributed by atoms with Crippen molar-refractivity contribution in [3.8, 4) is 11.4 Å². The van der Waals surface area contributed by atoms with Crippen LogP contribution in [0.25, 0.3) is 60.6 Å². The molecule has 9 aromatic rings. The van der Waals surface area contributed by atoms with Gasteiger partial charge in [-0.3, -0.25) is 0 Å². The second kappa shape index (κ2) is 12.3. The summed E-state index contributed by atoms with van der Waals surface area (Å²) in [6.45, 7) is 2.35. The van der Waals surface area contributed by atoms with Gasteiger partial charge in [0.2, 0.25) is 0 Å². The zero-order valence-corrected chi connectivity index (χ0v) is 29.0. The van der Waals surface area contributed by atoms with Crippen molar-refractivity contribution in [1.82, 2.24) is 9.13 Å². The summed E-state index contributed by atoms with van der Waals surface area (Å²) >= 11 is 0. The van der Waals surface area contributed by atoms with Gasteiger partial charge in [0.15, 0.2) is 0 Å². The number of para-hydroxylation sites is 4. The van der Waals surface area contributed by atoms with Gasteiger partial charge in [0.1, 0.15) is 0 Å². The normalized spacial score (nSPS) is 14.6. The van der Waals surface area contributed by atoms with Crippen molar-refractivity contribution < 1.29 is 0 Å². The van der Waals surface area contributed by atoms with E-state index in [4.69, 9.17) is 0 Å². The minimum absolute atomic E-state index is 0.344. The van der Waals surface area contributed by atoms with Crippen molar-refractivity contribution in [2.45, 2.75) is 13.3 Å². The molecule has 0 bridgehead atoms. The van der Waals surface area contributed by atoms with Crippen LogP contribution in [-0.2, 0) is 0 Å². The number of nitrogens with zero attached hydrogens (tertiary/aromatic N) is 3. The van der Waals surface area contributed by atoms with Crippen LogP contribution in [0, 0.1) is 5.92 Å². The van der Waals surface area contributed by atoms with Gasteiger partial charge in [-0.2, -0.15) is 0 Å². The molecule has 1 aliphatic rings. The van der Waals surface area contributed by atoms with Crippen LogP contribution in [-0.4, -0.2) is 9.13 Å². The van der Waals surface area contributed by atoms with Crippen LogP contribution < -0.4 is 4.90 Å². The minimum Gasteiger partial charge on any atom is -0.314 e. The number of hydrogen-bond acceptors (Lipinski definition) is 1. The molecule has 1 atom stereocenters. The maximum absolute atomic E-state index is 2.44. The van der Waals surface area contributed by atoms with E-state index in [1.54, 1.807) is 0 Å². The highest BCUT2D eigenvalue weighted by molar-refractivity contribution is 6.19. The molecule has 3 heteroatoms. The SMILES string of the molecule is CC1CC(c2ccccc2)=CC=C1N(c1ccccc1)c1ccc(-n2c3ccccc3c3cc4c5ccccc5n(-c5ccccc5)c4cc32)cc1. The summed E-state index contributed by atoms with van der Waals surface area (Å²) in [6, 6.07) is 63.8. The molecular weight excluding hydrogens is 631 g/mol. The van der Waals surface area contributed by atoms with E-state index < -0.39 is 0 Å². The van der Waals surface area contributed by atoms with Crippen molar-refractivity contribution >= 4 is 60.6 Å². The molecule has 10 rings (SSSR count). The molecular formula is C49H37N3. The fourth-order valence-electron chi connectivity index (χ4n) is 8.35. The lowest BCUT2D eigenvalue weighted by Crippen LogP contribution is -2.23. The standard InChI is InChI=1S/C49H37N3/c1-34-31-36(35-15-5-2-6-16-35)25-30-45(34)50(37-17-7-3-8-18-37)39-26-28-40(29-27-39)52-47-24-14-12-22-42(47)44-32-43-41-21-11-13-23-46(41)51(48(43)33-49(44)52)38-19-9-4-10-20-38/h2-30,32-34H,31H2,1H3. The topological polar surface area (TPSA) is 13.1 Å². The van der Waals surface area contributed by atoms with E-state index in [1.807, 2.05) is 0 Å². The Balaban J connectivity index is 1.14. The fraction of sp³-hybridized carbons (Fsp3) is 0.0612. The number of aromatic nitrogens is 2. The molecule has 52 heavy (non-hydrogen) atoms. The minimum atomic E-state index is 0.344. The maximum atomic E-state index is 2.44. The third-order valence-corrected chi connectivity index (χ3v) is 10.8. The third-order valence-electron chi connectivity index (χ3n) is 10.8. The zero-order chi connectivity index (χ0) is 34.6. The average molecular weight is 668 g/mol. The van der Waals surface area contributed by atoms with E-state index in [0.717, 1.165) is 29.2 Å². The second-order valence-corrected chi connectivity index (χ2v) is 13.9. The summed E-state index contributed by atoms with van der Waals surface area (Å²) in [5.41, 5.74) is 13.4. The van der Waals surface area contributed by atoms with Gasteiger partial charge in [-0.1, -0.05) is 116 Å². The molecule has 3 nitrogen and oxygen atoms in total. The van der Waals surface area contributed by atoms with Gasteiger partial charge in [-0.15, -0.1) is 0 Å². The molecule has 0 N–H and O–H groups in total. The van der Waals surface area contributed by atoms with Gasteiger partial charge in [0.25, 0.3) is 0 Å². The van der Waals surface area contributed by atoms with Crippen LogP contribution in [0.1, 0.15) is 18.9 Å². The van der Waals surface area contributed by atoms with Crippen LogP contribution in [0.2, 0.25) is 0 Å². The molecule has 7 aromatic carbocycles. The molecule has 1 aliphatic carbocycles. The Morgan fingerprint density at radius 3 is 1.54 bits per heavy atom. The predicted molar refractivity (Wildman–Crippen MR) is 220 cm³/mol. The lowest BCUT2D eigenvalue weighted by molar-refractivity contribution is 0.680. The highest BCUT2D eigenvalue weighted by atomic mass is 15.2. The molecule has 0 amide bonds. The predicted octanol–water partition coefficient (Wildman–Crippen LogP) is 13.0. The number of allylic oxidation sites excluding steroid dienone is 4. The average Bonchev–Trinajstić information content (AvgIpc) is 3.71. The highest BCUT2D eigenvalue weighted by Crippen LogP contribution is 2.42. The van der Waals surface area contributed by atoms with Crippen LogP contribution in [0.5, 0.6) is 0 Å². The molecule has 0 saturated carbocycles. The maximum Gasteiger partial charge on any atom is 0.0562 e. The second-order valence-electron chi connectivity index (χ2n) is 13.9. The zero-order valence-electron chi connectivity index (χ0n) is 29.0. The van der Waals surface area contributed by atoms with Crippen molar-refractivity contribution in [3.63, 3.8) is 0 Å². The Morgan fingerprint density at radius 1 is 0.442 bits per heavy atom. The number of hydrogen-bond donors (Lipinski definition) is 0. The van der Waals surface area contributed by atoms with Gasteiger partial charge in [-0.25, -0.2) is 0 Å². The van der Waals surface area contributed by atoms with E-state index in [9.17, 15) is 0 Å². The van der Waals surface area contributed by atoms with Crippen molar-refractivity contribution in [2.75, 3.05) is 4.90 Å². The molecule has 2 heterocycles.